The van der Waals surface area contributed by atoms with E-state index in [1.54, 1.807) is 16.4 Å². The number of hydrogen-bond acceptors (Lipinski definition) is 2. The third kappa shape index (κ3) is 4.32. The fourth-order valence-electron chi connectivity index (χ4n) is 5.30. The minimum Gasteiger partial charge on any atom is -0.358 e. The van der Waals surface area contributed by atoms with Crippen molar-refractivity contribution in [1.29, 1.82) is 0 Å². The Bertz CT molecular complexity index is 1700. The molecule has 37 heavy (non-hydrogen) atoms. The first-order chi connectivity index (χ1) is 17.8. The van der Waals surface area contributed by atoms with E-state index in [4.69, 9.17) is 11.6 Å². The van der Waals surface area contributed by atoms with Crippen LogP contribution in [0.2, 0.25) is 5.02 Å². The molecule has 0 saturated heterocycles. The summed E-state index contributed by atoms with van der Waals surface area (Å²) in [6.07, 6.45) is 0. The molecule has 0 amide bonds. The molecule has 4 aromatic carbocycles. The first-order valence-electron chi connectivity index (χ1n) is 12.0. The minimum absolute atomic E-state index is 0.188. The van der Waals surface area contributed by atoms with E-state index in [2.05, 4.69) is 27.0 Å². The highest BCUT2D eigenvalue weighted by Crippen LogP contribution is 2.47. The molecule has 0 aliphatic carbocycles. The number of aromatic nitrogens is 1. The molecule has 1 aromatic heterocycles. The van der Waals surface area contributed by atoms with Crippen LogP contribution in [0.25, 0.3) is 10.9 Å². The zero-order chi connectivity index (χ0) is 25.7. The van der Waals surface area contributed by atoms with Crippen molar-refractivity contribution < 1.29 is 8.42 Å². The molecule has 0 saturated carbocycles. The molecule has 5 aromatic rings. The van der Waals surface area contributed by atoms with Crippen LogP contribution in [0.3, 0.4) is 0 Å². The molecule has 0 bridgehead atoms. The highest BCUT2D eigenvalue weighted by Gasteiger charge is 2.43. The Kier molecular flexibility index (Phi) is 6.24. The third-order valence-corrected chi connectivity index (χ3v) is 9.76. The van der Waals surface area contributed by atoms with Crippen LogP contribution in [0.1, 0.15) is 39.9 Å². The molecule has 6 rings (SSSR count). The highest BCUT2D eigenvalue weighted by molar-refractivity contribution is 9.10. The second-order valence-corrected chi connectivity index (χ2v) is 12.7. The van der Waals surface area contributed by atoms with Gasteiger partial charge in [-0.2, -0.15) is 4.31 Å². The number of aryl methyl sites for hydroxylation is 1. The number of hydrogen-bond donors (Lipinski definition) is 1. The molecular weight excluding hydrogens is 568 g/mol. The van der Waals surface area contributed by atoms with E-state index in [9.17, 15) is 8.42 Å². The number of nitrogens with zero attached hydrogens (tertiary/aromatic N) is 1. The molecule has 4 nitrogen and oxygen atoms in total. The Morgan fingerprint density at radius 1 is 0.865 bits per heavy atom. The van der Waals surface area contributed by atoms with Gasteiger partial charge in [0, 0.05) is 44.1 Å². The van der Waals surface area contributed by atoms with E-state index in [-0.39, 0.29) is 5.92 Å². The van der Waals surface area contributed by atoms with E-state index >= 15 is 0 Å². The summed E-state index contributed by atoms with van der Waals surface area (Å²) in [7, 11) is -3.84. The van der Waals surface area contributed by atoms with Gasteiger partial charge in [-0.05, 0) is 60.5 Å². The summed E-state index contributed by atoms with van der Waals surface area (Å²) in [6, 6.07) is 30.3. The fraction of sp³-hybridized carbons (Fsp3) is 0.133. The number of rotatable bonds is 4. The van der Waals surface area contributed by atoms with Crippen molar-refractivity contribution >= 4 is 48.5 Å². The zero-order valence-electron chi connectivity index (χ0n) is 20.0. The summed E-state index contributed by atoms with van der Waals surface area (Å²) < 4.78 is 31.3. The van der Waals surface area contributed by atoms with Crippen molar-refractivity contribution in [3.63, 3.8) is 0 Å². The third-order valence-electron chi connectivity index (χ3n) is 7.13. The maximum atomic E-state index is 14.3. The lowest BCUT2D eigenvalue weighted by Crippen LogP contribution is -2.42. The number of para-hydroxylation sites is 1. The minimum atomic E-state index is -3.84. The summed E-state index contributed by atoms with van der Waals surface area (Å²) in [6.45, 7) is 2.25. The number of aromatic amines is 1. The molecule has 1 aliphatic rings. The topological polar surface area (TPSA) is 53.2 Å². The summed E-state index contributed by atoms with van der Waals surface area (Å²) in [5.41, 5.74) is 5.95. The van der Waals surface area contributed by atoms with Crippen LogP contribution in [-0.4, -0.2) is 24.3 Å². The molecule has 1 aliphatic heterocycles. The standard InChI is InChI=1S/C30H24BrClN2O2S/c1-19-6-16-24(17-7-19)37(35,36)34-18-26(20-10-14-23(32)15-11-20)29-28(25-4-2-3-5-27(25)33-29)30(34)21-8-12-22(31)13-9-21/h2-17,26,30,33H,18H2,1H3/t26-,30-/m0/s1. The van der Waals surface area contributed by atoms with Crippen molar-refractivity contribution in [3.05, 3.63) is 135 Å². The Morgan fingerprint density at radius 2 is 1.51 bits per heavy atom. The van der Waals surface area contributed by atoms with Gasteiger partial charge >= 0.3 is 0 Å². The Morgan fingerprint density at radius 3 is 2.22 bits per heavy atom. The monoisotopic (exact) mass is 590 g/mol. The average Bonchev–Trinajstić information content (AvgIpc) is 3.29. The predicted octanol–water partition coefficient (Wildman–Crippen LogP) is 7.82. The number of H-pyrrole nitrogens is 1. The van der Waals surface area contributed by atoms with Crippen LogP contribution in [0.15, 0.2) is 106 Å². The molecule has 0 radical (unpaired) electrons. The maximum absolute atomic E-state index is 14.3. The van der Waals surface area contributed by atoms with Crippen molar-refractivity contribution in [2.24, 2.45) is 0 Å². The largest absolute Gasteiger partial charge is 0.358 e. The zero-order valence-corrected chi connectivity index (χ0v) is 23.2. The predicted molar refractivity (Wildman–Crippen MR) is 153 cm³/mol. The molecule has 0 fully saturated rings. The Balaban J connectivity index is 1.63. The Hall–Kier alpha value is -2.90. The lowest BCUT2D eigenvalue weighted by atomic mass is 9.84. The first-order valence-corrected chi connectivity index (χ1v) is 14.6. The quantitative estimate of drug-likeness (QED) is 0.232. The van der Waals surface area contributed by atoms with Gasteiger partial charge in [0.15, 0.2) is 0 Å². The Labute approximate surface area is 230 Å². The molecule has 0 spiro atoms. The lowest BCUT2D eigenvalue weighted by Gasteiger charge is -2.39. The SMILES string of the molecule is Cc1ccc(S(=O)(=O)N2C[C@@H](c3ccc(Cl)cc3)c3[nH]c4ccccc4c3[C@@H]2c2ccc(Br)cc2)cc1. The van der Waals surface area contributed by atoms with Crippen molar-refractivity contribution in [1.82, 2.24) is 9.29 Å². The van der Waals surface area contributed by atoms with Crippen LogP contribution in [0, 0.1) is 6.92 Å². The normalized spacial score (nSPS) is 18.1. The molecule has 0 unspecified atom stereocenters. The van der Waals surface area contributed by atoms with Crippen molar-refractivity contribution in [2.75, 3.05) is 6.54 Å². The van der Waals surface area contributed by atoms with E-state index in [0.29, 0.717) is 16.5 Å². The van der Waals surface area contributed by atoms with E-state index in [1.807, 2.05) is 85.8 Å². The van der Waals surface area contributed by atoms with Crippen molar-refractivity contribution in [2.45, 2.75) is 23.8 Å². The number of fused-ring (bicyclic) bond motifs is 3. The average molecular weight is 592 g/mol. The number of sulfonamides is 1. The molecule has 2 atom stereocenters. The van der Waals surface area contributed by atoms with Gasteiger partial charge in [-0.1, -0.05) is 87.7 Å². The molecule has 1 N–H and O–H groups in total. The van der Waals surface area contributed by atoms with Gasteiger partial charge in [-0.3, -0.25) is 0 Å². The lowest BCUT2D eigenvalue weighted by molar-refractivity contribution is 0.327. The van der Waals surface area contributed by atoms with Gasteiger partial charge in [0.05, 0.1) is 10.9 Å². The van der Waals surface area contributed by atoms with Gasteiger partial charge < -0.3 is 4.98 Å². The molecule has 7 heteroatoms. The van der Waals surface area contributed by atoms with Crippen LogP contribution in [0.5, 0.6) is 0 Å². The van der Waals surface area contributed by atoms with Crippen LogP contribution in [-0.2, 0) is 10.0 Å². The van der Waals surface area contributed by atoms with E-state index in [0.717, 1.165) is 43.3 Å². The van der Waals surface area contributed by atoms with Crippen LogP contribution in [0.4, 0.5) is 0 Å². The van der Waals surface area contributed by atoms with Crippen LogP contribution < -0.4 is 0 Å². The van der Waals surface area contributed by atoms with E-state index in [1.165, 1.54) is 0 Å². The fourth-order valence-corrected chi connectivity index (χ4v) is 7.29. The molecular formula is C30H24BrClN2O2S. The van der Waals surface area contributed by atoms with E-state index < -0.39 is 16.1 Å². The number of benzene rings is 4. The molecule has 2 heterocycles. The van der Waals surface area contributed by atoms with Crippen LogP contribution >= 0.6 is 27.5 Å². The van der Waals surface area contributed by atoms with Gasteiger partial charge in [0.2, 0.25) is 10.0 Å². The summed E-state index contributed by atoms with van der Waals surface area (Å²) >= 11 is 9.74. The summed E-state index contributed by atoms with van der Waals surface area (Å²) in [5.74, 6) is -0.188. The van der Waals surface area contributed by atoms with Gasteiger partial charge in [-0.15, -0.1) is 0 Å². The summed E-state index contributed by atoms with van der Waals surface area (Å²) in [5, 5.41) is 1.67. The first kappa shape index (κ1) is 24.4. The summed E-state index contributed by atoms with van der Waals surface area (Å²) in [4.78, 5) is 3.94. The number of halogens is 2. The van der Waals surface area contributed by atoms with Gasteiger partial charge in [0.25, 0.3) is 0 Å². The smallest absolute Gasteiger partial charge is 0.243 e. The van der Waals surface area contributed by atoms with Gasteiger partial charge in [0.1, 0.15) is 0 Å². The van der Waals surface area contributed by atoms with Gasteiger partial charge in [-0.25, -0.2) is 8.42 Å². The number of nitrogens with one attached hydrogen (secondary N) is 1. The highest BCUT2D eigenvalue weighted by atomic mass is 79.9. The molecule has 186 valence electrons. The second kappa shape index (κ2) is 9.44. The second-order valence-electron chi connectivity index (χ2n) is 9.44. The maximum Gasteiger partial charge on any atom is 0.243 e. The van der Waals surface area contributed by atoms with Crippen molar-refractivity contribution in [3.8, 4) is 0 Å².